The lowest BCUT2D eigenvalue weighted by Crippen LogP contribution is -1.91. The molecule has 0 aliphatic carbocycles. The molecule has 0 aliphatic heterocycles. The Morgan fingerprint density at radius 3 is 2.79 bits per heavy atom. The van der Waals surface area contributed by atoms with Crippen molar-refractivity contribution in [3.8, 4) is 11.3 Å². The van der Waals surface area contributed by atoms with Gasteiger partial charge < -0.3 is 5.73 Å². The first-order valence-electron chi connectivity index (χ1n) is 4.53. The van der Waals surface area contributed by atoms with Crippen LogP contribution < -0.4 is 5.73 Å². The van der Waals surface area contributed by atoms with Gasteiger partial charge in [-0.25, -0.2) is 0 Å². The molecule has 3 heteroatoms. The molecule has 2 rings (SSSR count). The molecule has 0 spiro atoms. The Kier molecular flexibility index (Phi) is 2.61. The van der Waals surface area contributed by atoms with Gasteiger partial charge in [-0.3, -0.25) is 0 Å². The Labute approximate surface area is 87.6 Å². The number of nitrogens with zero attached hydrogens (tertiary/aromatic N) is 1. The monoisotopic (exact) mass is 204 g/mol. The third-order valence-corrected chi connectivity index (χ3v) is 2.99. The molecule has 0 amide bonds. The minimum absolute atomic E-state index is 0.573. The number of hydrogen-bond donors (Lipinski definition) is 1. The van der Waals surface area contributed by atoms with Gasteiger partial charge >= 0.3 is 0 Å². The summed E-state index contributed by atoms with van der Waals surface area (Å²) >= 11 is 1.48. The summed E-state index contributed by atoms with van der Waals surface area (Å²) in [5, 5.41) is 0. The van der Waals surface area contributed by atoms with Crippen LogP contribution in [-0.4, -0.2) is 4.37 Å². The highest BCUT2D eigenvalue weighted by Gasteiger charge is 2.05. The average molecular weight is 204 g/mol. The molecule has 0 aliphatic rings. The van der Waals surface area contributed by atoms with E-state index in [0.717, 1.165) is 10.6 Å². The van der Waals surface area contributed by atoms with Crippen LogP contribution in [-0.2, 0) is 6.54 Å². The number of benzene rings is 1. The largest absolute Gasteiger partial charge is 0.326 e. The summed E-state index contributed by atoms with van der Waals surface area (Å²) < 4.78 is 4.38. The van der Waals surface area contributed by atoms with E-state index in [1.807, 2.05) is 12.1 Å². The van der Waals surface area contributed by atoms with E-state index in [2.05, 4.69) is 29.5 Å². The Bertz CT molecular complexity index is 434. The first-order valence-corrected chi connectivity index (χ1v) is 5.30. The topological polar surface area (TPSA) is 38.9 Å². The smallest absolute Gasteiger partial charge is 0.0846 e. The minimum atomic E-state index is 0.573. The van der Waals surface area contributed by atoms with Gasteiger partial charge in [0.05, 0.1) is 5.69 Å². The number of hydrogen-bond acceptors (Lipinski definition) is 3. The van der Waals surface area contributed by atoms with Crippen molar-refractivity contribution in [1.82, 2.24) is 4.37 Å². The maximum atomic E-state index is 5.55. The number of aromatic nitrogens is 1. The van der Waals surface area contributed by atoms with E-state index < -0.39 is 0 Å². The molecule has 0 atom stereocenters. The number of nitrogens with two attached hydrogens (primary N) is 1. The summed E-state index contributed by atoms with van der Waals surface area (Å²) in [7, 11) is 0. The molecule has 0 saturated carbocycles. The normalized spacial score (nSPS) is 10.4. The molecular weight excluding hydrogens is 192 g/mol. The van der Waals surface area contributed by atoms with Crippen LogP contribution in [0.5, 0.6) is 0 Å². The molecule has 14 heavy (non-hydrogen) atoms. The van der Waals surface area contributed by atoms with Crippen molar-refractivity contribution in [2.75, 3.05) is 0 Å². The van der Waals surface area contributed by atoms with Crippen molar-refractivity contribution in [2.24, 2.45) is 5.73 Å². The number of aryl methyl sites for hydroxylation is 1. The van der Waals surface area contributed by atoms with Gasteiger partial charge in [0.25, 0.3) is 0 Å². The SMILES string of the molecule is Cc1ccccc1-c1cc(CN)sn1. The van der Waals surface area contributed by atoms with Crippen LogP contribution in [0.1, 0.15) is 10.4 Å². The van der Waals surface area contributed by atoms with Gasteiger partial charge in [-0.1, -0.05) is 24.3 Å². The van der Waals surface area contributed by atoms with Gasteiger partial charge in [0, 0.05) is 17.0 Å². The third-order valence-electron chi connectivity index (χ3n) is 2.18. The quantitative estimate of drug-likeness (QED) is 0.816. The van der Waals surface area contributed by atoms with Crippen LogP contribution in [0.2, 0.25) is 0 Å². The number of rotatable bonds is 2. The van der Waals surface area contributed by atoms with Crippen molar-refractivity contribution >= 4 is 11.5 Å². The van der Waals surface area contributed by atoms with E-state index in [4.69, 9.17) is 5.73 Å². The van der Waals surface area contributed by atoms with Crippen molar-refractivity contribution in [3.63, 3.8) is 0 Å². The zero-order chi connectivity index (χ0) is 9.97. The molecular formula is C11H12N2S. The van der Waals surface area contributed by atoms with Gasteiger partial charge in [-0.2, -0.15) is 4.37 Å². The van der Waals surface area contributed by atoms with Crippen LogP contribution in [0.4, 0.5) is 0 Å². The summed E-state index contributed by atoms with van der Waals surface area (Å²) in [6, 6.07) is 10.3. The van der Waals surface area contributed by atoms with Crippen LogP contribution in [0.3, 0.4) is 0 Å². The molecule has 0 bridgehead atoms. The summed E-state index contributed by atoms with van der Waals surface area (Å²) in [5.41, 5.74) is 9.03. The van der Waals surface area contributed by atoms with Gasteiger partial charge in [0.15, 0.2) is 0 Å². The predicted octanol–water partition coefficient (Wildman–Crippen LogP) is 2.58. The molecule has 1 aromatic heterocycles. The second-order valence-corrected chi connectivity index (χ2v) is 4.09. The minimum Gasteiger partial charge on any atom is -0.326 e. The van der Waals surface area contributed by atoms with Gasteiger partial charge in [0.2, 0.25) is 0 Å². The summed E-state index contributed by atoms with van der Waals surface area (Å²) in [6.07, 6.45) is 0. The Morgan fingerprint density at radius 1 is 1.36 bits per heavy atom. The second kappa shape index (κ2) is 3.90. The van der Waals surface area contributed by atoms with Gasteiger partial charge in [0.1, 0.15) is 0 Å². The maximum absolute atomic E-state index is 5.55. The Morgan fingerprint density at radius 2 is 2.14 bits per heavy atom. The summed E-state index contributed by atoms with van der Waals surface area (Å²) in [6.45, 7) is 2.67. The first kappa shape index (κ1) is 9.37. The van der Waals surface area contributed by atoms with Crippen molar-refractivity contribution in [3.05, 3.63) is 40.8 Å². The molecule has 0 radical (unpaired) electrons. The lowest BCUT2D eigenvalue weighted by atomic mass is 10.1. The summed E-state index contributed by atoms with van der Waals surface area (Å²) in [5.74, 6) is 0. The molecule has 2 nitrogen and oxygen atoms in total. The standard InChI is InChI=1S/C11H12N2S/c1-8-4-2-3-5-10(8)11-6-9(7-12)14-13-11/h2-6H,7,12H2,1H3. The maximum Gasteiger partial charge on any atom is 0.0846 e. The van der Waals surface area contributed by atoms with Crippen molar-refractivity contribution < 1.29 is 0 Å². The predicted molar refractivity (Wildman–Crippen MR) is 60.2 cm³/mol. The van der Waals surface area contributed by atoms with Crippen molar-refractivity contribution in [2.45, 2.75) is 13.5 Å². The van der Waals surface area contributed by atoms with E-state index in [9.17, 15) is 0 Å². The second-order valence-electron chi connectivity index (χ2n) is 3.20. The van der Waals surface area contributed by atoms with Crippen LogP contribution in [0.25, 0.3) is 11.3 Å². The molecule has 2 aromatic rings. The highest BCUT2D eigenvalue weighted by Crippen LogP contribution is 2.24. The first-order chi connectivity index (χ1) is 6.81. The molecule has 2 N–H and O–H groups in total. The fourth-order valence-electron chi connectivity index (χ4n) is 1.40. The average Bonchev–Trinajstić information content (AvgIpc) is 2.67. The summed E-state index contributed by atoms with van der Waals surface area (Å²) in [4.78, 5) is 1.13. The molecule has 0 saturated heterocycles. The lowest BCUT2D eigenvalue weighted by molar-refractivity contribution is 1.11. The molecule has 0 fully saturated rings. The highest BCUT2D eigenvalue weighted by molar-refractivity contribution is 7.06. The fraction of sp³-hybridized carbons (Fsp3) is 0.182. The molecule has 1 heterocycles. The highest BCUT2D eigenvalue weighted by atomic mass is 32.1. The van der Waals surface area contributed by atoms with Gasteiger partial charge in [-0.05, 0) is 30.1 Å². The van der Waals surface area contributed by atoms with Crippen LogP contribution in [0.15, 0.2) is 30.3 Å². The zero-order valence-electron chi connectivity index (χ0n) is 8.03. The van der Waals surface area contributed by atoms with Gasteiger partial charge in [-0.15, -0.1) is 0 Å². The van der Waals surface area contributed by atoms with Crippen LogP contribution >= 0.6 is 11.5 Å². The van der Waals surface area contributed by atoms with E-state index in [1.54, 1.807) is 0 Å². The third kappa shape index (κ3) is 1.69. The van der Waals surface area contributed by atoms with E-state index in [-0.39, 0.29) is 0 Å². The molecule has 72 valence electrons. The molecule has 1 aromatic carbocycles. The van der Waals surface area contributed by atoms with Crippen LogP contribution in [0, 0.1) is 6.92 Å². The Balaban J connectivity index is 2.44. The fourth-order valence-corrected chi connectivity index (χ4v) is 2.00. The zero-order valence-corrected chi connectivity index (χ0v) is 8.84. The van der Waals surface area contributed by atoms with E-state index in [1.165, 1.54) is 22.7 Å². The van der Waals surface area contributed by atoms with Crippen molar-refractivity contribution in [1.29, 1.82) is 0 Å². The lowest BCUT2D eigenvalue weighted by Gasteiger charge is -1.99. The van der Waals surface area contributed by atoms with E-state index >= 15 is 0 Å². The molecule has 0 unspecified atom stereocenters. The van der Waals surface area contributed by atoms with E-state index in [0.29, 0.717) is 6.54 Å². The Hall–Kier alpha value is -1.19.